The average Bonchev–Trinajstić information content (AvgIpc) is 3.59. The zero-order valence-electron chi connectivity index (χ0n) is 19.0. The maximum Gasteiger partial charge on any atom is 0.435 e. The highest BCUT2D eigenvalue weighted by atomic mass is 35.5. The normalized spacial score (nSPS) is 18.6. The topological polar surface area (TPSA) is 83.0 Å². The number of benzene rings is 2. The Morgan fingerprint density at radius 1 is 1.03 bits per heavy atom. The van der Waals surface area contributed by atoms with Crippen molar-refractivity contribution in [2.24, 2.45) is 5.16 Å². The molecule has 2 aliphatic rings. The van der Waals surface area contributed by atoms with E-state index in [4.69, 9.17) is 28.0 Å². The summed E-state index contributed by atoms with van der Waals surface area (Å²) in [5.41, 5.74) is 2.44. The Bertz CT molecular complexity index is 1420. The standard InChI is InChI=1S/C24H16Cl2F4N4O3S/c25-15-7-14(8-16(26)20(15)27)23(24(28,29)30)9-19(33-37-23)34-10-13-6-17(38-18(13)11-34)22(36)32-31-21(35)12-4-2-1-3-5-12/h1-8H,9-11H2,(H,31,35)(H,32,36). The molecule has 3 heterocycles. The summed E-state index contributed by atoms with van der Waals surface area (Å²) in [5.74, 6) is -2.01. The van der Waals surface area contributed by atoms with Crippen LogP contribution in [0.15, 0.2) is 53.7 Å². The van der Waals surface area contributed by atoms with E-state index >= 15 is 0 Å². The molecule has 1 unspecified atom stereocenters. The van der Waals surface area contributed by atoms with Gasteiger partial charge in [0.2, 0.25) is 0 Å². The van der Waals surface area contributed by atoms with Crippen LogP contribution < -0.4 is 10.9 Å². The molecule has 0 radical (unpaired) electrons. The highest BCUT2D eigenvalue weighted by Crippen LogP contribution is 2.50. The first kappa shape index (κ1) is 26.3. The lowest BCUT2D eigenvalue weighted by Crippen LogP contribution is -2.44. The molecule has 2 amide bonds. The monoisotopic (exact) mass is 586 g/mol. The molecule has 0 saturated heterocycles. The molecular formula is C24H16Cl2F4N4O3S. The van der Waals surface area contributed by atoms with Crippen LogP contribution in [0.25, 0.3) is 0 Å². The quantitative estimate of drug-likeness (QED) is 0.232. The number of hydrogen-bond donors (Lipinski definition) is 2. The summed E-state index contributed by atoms with van der Waals surface area (Å²) in [5, 5.41) is 2.58. The molecule has 2 N–H and O–H groups in total. The number of halogens is 6. The van der Waals surface area contributed by atoms with E-state index in [9.17, 15) is 27.2 Å². The first-order chi connectivity index (χ1) is 18.0. The van der Waals surface area contributed by atoms with E-state index in [-0.39, 0.29) is 18.9 Å². The number of carbonyl (C=O) groups is 2. The Hall–Kier alpha value is -3.35. The fraction of sp³-hybridized carbons (Fsp3) is 0.208. The number of fused-ring (bicyclic) bond motifs is 1. The van der Waals surface area contributed by atoms with E-state index in [1.165, 1.54) is 0 Å². The smallest absolute Gasteiger partial charge is 0.372 e. The van der Waals surface area contributed by atoms with E-state index in [0.717, 1.165) is 33.9 Å². The third-order valence-corrected chi connectivity index (χ3v) is 7.84. The Labute approximate surface area is 226 Å². The fourth-order valence-electron chi connectivity index (χ4n) is 4.15. The van der Waals surface area contributed by atoms with Crippen LogP contribution in [0.4, 0.5) is 17.6 Å². The number of carbonyl (C=O) groups excluding carboxylic acids is 2. The van der Waals surface area contributed by atoms with E-state index in [1.807, 2.05) is 0 Å². The van der Waals surface area contributed by atoms with Gasteiger partial charge in [-0.25, -0.2) is 4.39 Å². The Balaban J connectivity index is 1.26. The van der Waals surface area contributed by atoms with Crippen molar-refractivity contribution in [2.45, 2.75) is 31.3 Å². The molecule has 5 rings (SSSR count). The lowest BCUT2D eigenvalue weighted by molar-refractivity contribution is -0.275. The van der Waals surface area contributed by atoms with Gasteiger partial charge < -0.3 is 9.74 Å². The van der Waals surface area contributed by atoms with Gasteiger partial charge in [0.05, 0.1) is 27.9 Å². The molecule has 0 saturated carbocycles. The molecule has 198 valence electrons. The number of hydrogen-bond acceptors (Lipinski definition) is 6. The van der Waals surface area contributed by atoms with Crippen LogP contribution in [-0.2, 0) is 23.5 Å². The molecule has 38 heavy (non-hydrogen) atoms. The highest BCUT2D eigenvalue weighted by molar-refractivity contribution is 7.14. The third-order valence-electron chi connectivity index (χ3n) is 6.13. The number of oxime groups is 1. The maximum absolute atomic E-state index is 14.2. The molecular weight excluding hydrogens is 571 g/mol. The number of hydrazine groups is 1. The number of amides is 2. The molecule has 0 aliphatic carbocycles. The predicted octanol–water partition coefficient (Wildman–Crippen LogP) is 5.78. The molecule has 1 atom stereocenters. The fourth-order valence-corrected chi connectivity index (χ4v) is 5.72. The van der Waals surface area contributed by atoms with Crippen molar-refractivity contribution in [3.63, 3.8) is 0 Å². The number of thiophene rings is 1. The second-order valence-electron chi connectivity index (χ2n) is 8.54. The number of amidine groups is 1. The van der Waals surface area contributed by atoms with Crippen molar-refractivity contribution in [1.82, 2.24) is 15.8 Å². The zero-order chi connectivity index (χ0) is 27.2. The van der Waals surface area contributed by atoms with Crippen LogP contribution in [0.5, 0.6) is 0 Å². The second kappa shape index (κ2) is 9.75. The first-order valence-corrected chi connectivity index (χ1v) is 12.5. The molecule has 2 aliphatic heterocycles. The van der Waals surface area contributed by atoms with Crippen LogP contribution in [0.2, 0.25) is 10.0 Å². The van der Waals surface area contributed by atoms with Gasteiger partial charge in [0.15, 0.2) is 5.82 Å². The first-order valence-electron chi connectivity index (χ1n) is 11.0. The molecule has 1 aromatic heterocycles. The van der Waals surface area contributed by atoms with Gasteiger partial charge in [-0.3, -0.25) is 20.4 Å². The van der Waals surface area contributed by atoms with E-state index in [0.29, 0.717) is 10.4 Å². The lowest BCUT2D eigenvalue weighted by Gasteiger charge is -2.30. The van der Waals surface area contributed by atoms with Crippen molar-refractivity contribution >= 4 is 52.2 Å². The van der Waals surface area contributed by atoms with E-state index in [2.05, 4.69) is 16.0 Å². The summed E-state index contributed by atoms with van der Waals surface area (Å²) in [4.78, 5) is 32.3. The number of nitrogens with one attached hydrogen (secondary N) is 2. The van der Waals surface area contributed by atoms with E-state index < -0.39 is 51.4 Å². The van der Waals surface area contributed by atoms with Crippen LogP contribution >= 0.6 is 34.5 Å². The summed E-state index contributed by atoms with van der Waals surface area (Å²) < 4.78 is 56.6. The van der Waals surface area contributed by atoms with Crippen molar-refractivity contribution in [3.8, 4) is 0 Å². The van der Waals surface area contributed by atoms with Crippen molar-refractivity contribution < 1.29 is 32.0 Å². The number of nitrogens with zero attached hydrogens (tertiary/aromatic N) is 2. The van der Waals surface area contributed by atoms with Gasteiger partial charge in [0, 0.05) is 22.5 Å². The summed E-state index contributed by atoms with van der Waals surface area (Å²) in [7, 11) is 0. The molecule has 0 bridgehead atoms. The molecule has 7 nitrogen and oxygen atoms in total. The molecule has 0 fully saturated rings. The van der Waals surface area contributed by atoms with Gasteiger partial charge in [-0.15, -0.1) is 11.3 Å². The van der Waals surface area contributed by atoms with Crippen LogP contribution in [0.1, 0.15) is 42.5 Å². The Morgan fingerprint density at radius 2 is 1.68 bits per heavy atom. The minimum atomic E-state index is -4.91. The highest BCUT2D eigenvalue weighted by Gasteiger charge is 2.63. The summed E-state index contributed by atoms with van der Waals surface area (Å²) in [6, 6.07) is 11.6. The zero-order valence-corrected chi connectivity index (χ0v) is 21.4. The summed E-state index contributed by atoms with van der Waals surface area (Å²) in [6.45, 7) is 0.390. The van der Waals surface area contributed by atoms with Gasteiger partial charge in [-0.05, 0) is 35.9 Å². The minimum Gasteiger partial charge on any atom is -0.372 e. The minimum absolute atomic E-state index is 0.0309. The van der Waals surface area contributed by atoms with Crippen molar-refractivity contribution in [1.29, 1.82) is 0 Å². The largest absolute Gasteiger partial charge is 0.435 e. The SMILES string of the molecule is O=C(NNC(=O)c1cc2c(s1)CN(C1=NOC(c3cc(Cl)c(F)c(Cl)c3)(C(F)(F)F)C1)C2)c1ccccc1. The van der Waals surface area contributed by atoms with Crippen molar-refractivity contribution in [2.75, 3.05) is 0 Å². The predicted molar refractivity (Wildman–Crippen MR) is 132 cm³/mol. The van der Waals surface area contributed by atoms with Crippen molar-refractivity contribution in [3.05, 3.63) is 90.8 Å². The third kappa shape index (κ3) is 4.67. The Kier molecular flexibility index (Phi) is 6.74. The molecule has 0 spiro atoms. The number of rotatable bonds is 3. The average molecular weight is 587 g/mol. The lowest BCUT2D eigenvalue weighted by atomic mass is 9.89. The van der Waals surface area contributed by atoms with Gasteiger partial charge >= 0.3 is 6.18 Å². The van der Waals surface area contributed by atoms with Gasteiger partial charge in [-0.2, -0.15) is 13.2 Å². The molecule has 3 aromatic rings. The Morgan fingerprint density at radius 3 is 2.32 bits per heavy atom. The van der Waals surface area contributed by atoms with Gasteiger partial charge in [-0.1, -0.05) is 46.6 Å². The van der Waals surface area contributed by atoms with Crippen LogP contribution in [0.3, 0.4) is 0 Å². The van der Waals surface area contributed by atoms with Crippen LogP contribution in [0, 0.1) is 5.82 Å². The molecule has 2 aromatic carbocycles. The van der Waals surface area contributed by atoms with Crippen LogP contribution in [-0.4, -0.2) is 28.7 Å². The second-order valence-corrected chi connectivity index (χ2v) is 10.5. The molecule has 14 heteroatoms. The van der Waals surface area contributed by atoms with Gasteiger partial charge in [0.25, 0.3) is 17.4 Å². The van der Waals surface area contributed by atoms with E-state index in [1.54, 1.807) is 41.3 Å². The van der Waals surface area contributed by atoms with Gasteiger partial charge in [0.1, 0.15) is 5.84 Å². The number of alkyl halides is 3. The summed E-state index contributed by atoms with van der Waals surface area (Å²) >= 11 is 12.6. The maximum atomic E-state index is 14.2. The summed E-state index contributed by atoms with van der Waals surface area (Å²) in [6.07, 6.45) is -5.59.